The lowest BCUT2D eigenvalue weighted by Gasteiger charge is -2.46. The summed E-state index contributed by atoms with van der Waals surface area (Å²) < 4.78 is 0. The Bertz CT molecular complexity index is 940. The molecule has 0 aromatic carbocycles. The molecule has 3 N–H and O–H groups in total. The highest BCUT2D eigenvalue weighted by Gasteiger charge is 2.60. The second kappa shape index (κ2) is 7.88. The maximum atomic E-state index is 12.4. The number of aliphatic hydroxyl groups excluding tert-OH is 1. The molecule has 4 rings (SSSR count). The summed E-state index contributed by atoms with van der Waals surface area (Å²) in [4.78, 5) is 32.3. The number of likely N-dealkylation sites (tertiary alicyclic amines) is 1. The molecule has 30 heavy (non-hydrogen) atoms. The monoisotopic (exact) mass is 428 g/mol. The summed E-state index contributed by atoms with van der Waals surface area (Å²) in [6, 6.07) is 3.47. The van der Waals surface area contributed by atoms with E-state index in [-0.39, 0.29) is 28.8 Å². The minimum atomic E-state index is -1.10. The van der Waals surface area contributed by atoms with Crippen molar-refractivity contribution in [2.75, 3.05) is 13.1 Å². The molecule has 0 bridgehead atoms. The quantitative estimate of drug-likeness (QED) is 0.358. The van der Waals surface area contributed by atoms with Crippen LogP contribution < -0.4 is 0 Å². The number of nitrogens with zero attached hydrogens (tertiary/aromatic N) is 3. The zero-order chi connectivity index (χ0) is 21.6. The third-order valence-corrected chi connectivity index (χ3v) is 7.36. The first-order valence-corrected chi connectivity index (χ1v) is 10.7. The SMILES string of the molecule is C[C@@H](O)[C@H]1C(=O)N2C(C(=O)O)=C(SC3CN(C(=N)/C=C/c4cccnc4)C3)[C@H](C)[C@H]12. The molecule has 0 spiro atoms. The molecule has 3 aliphatic rings. The predicted octanol–water partition coefficient (Wildman–Crippen LogP) is 1.64. The van der Waals surface area contributed by atoms with Crippen molar-refractivity contribution in [1.29, 1.82) is 5.41 Å². The number of aliphatic hydroxyl groups is 1. The van der Waals surface area contributed by atoms with E-state index in [9.17, 15) is 19.8 Å². The van der Waals surface area contributed by atoms with E-state index in [0.29, 0.717) is 23.8 Å². The van der Waals surface area contributed by atoms with Crippen molar-refractivity contribution in [2.24, 2.45) is 11.8 Å². The van der Waals surface area contributed by atoms with Gasteiger partial charge in [-0.25, -0.2) is 4.79 Å². The fraction of sp³-hybridized carbons (Fsp3) is 0.429. The van der Waals surface area contributed by atoms with Gasteiger partial charge < -0.3 is 20.0 Å². The molecule has 2 fully saturated rings. The van der Waals surface area contributed by atoms with E-state index in [2.05, 4.69) is 4.98 Å². The van der Waals surface area contributed by atoms with E-state index in [4.69, 9.17) is 5.41 Å². The van der Waals surface area contributed by atoms with Crippen LogP contribution >= 0.6 is 11.8 Å². The molecular formula is C21H24N4O4S. The number of thioether (sulfide) groups is 1. The van der Waals surface area contributed by atoms with E-state index in [1.54, 1.807) is 25.4 Å². The van der Waals surface area contributed by atoms with Crippen LogP contribution in [0.2, 0.25) is 0 Å². The number of nitrogens with one attached hydrogen (secondary N) is 1. The van der Waals surface area contributed by atoms with Crippen molar-refractivity contribution >= 4 is 35.6 Å². The molecule has 3 aliphatic heterocycles. The van der Waals surface area contributed by atoms with E-state index in [0.717, 1.165) is 5.56 Å². The zero-order valence-electron chi connectivity index (χ0n) is 16.7. The van der Waals surface area contributed by atoms with Crippen LogP contribution in [0.3, 0.4) is 0 Å². The highest BCUT2D eigenvalue weighted by Crippen LogP contribution is 2.51. The first-order valence-electron chi connectivity index (χ1n) is 9.86. The number of carboxylic acid groups (broad SMARTS) is 1. The molecule has 4 heterocycles. The second-order valence-corrected chi connectivity index (χ2v) is 9.26. The number of β-lactam (4-membered cyclic amide) rings is 1. The molecule has 0 radical (unpaired) electrons. The molecular weight excluding hydrogens is 404 g/mol. The summed E-state index contributed by atoms with van der Waals surface area (Å²) in [5, 5.41) is 28.0. The zero-order valence-corrected chi connectivity index (χ0v) is 17.5. The number of hydrogen-bond donors (Lipinski definition) is 3. The van der Waals surface area contributed by atoms with Gasteiger partial charge in [0.2, 0.25) is 5.91 Å². The number of carbonyl (C=O) groups is 2. The molecule has 4 atom stereocenters. The number of carbonyl (C=O) groups excluding carboxylic acids is 1. The minimum absolute atomic E-state index is 0.0596. The summed E-state index contributed by atoms with van der Waals surface area (Å²) in [5.41, 5.74) is 0.982. The van der Waals surface area contributed by atoms with Gasteiger partial charge in [0.15, 0.2) is 0 Å². The average molecular weight is 429 g/mol. The van der Waals surface area contributed by atoms with Gasteiger partial charge in [-0.2, -0.15) is 0 Å². The van der Waals surface area contributed by atoms with Gasteiger partial charge in [0, 0.05) is 41.6 Å². The van der Waals surface area contributed by atoms with Crippen LogP contribution in [0.15, 0.2) is 41.2 Å². The maximum absolute atomic E-state index is 12.4. The molecule has 1 aromatic heterocycles. The average Bonchev–Trinajstić information content (AvgIpc) is 2.91. The van der Waals surface area contributed by atoms with Crippen LogP contribution in [0, 0.1) is 17.2 Å². The Morgan fingerprint density at radius 2 is 2.17 bits per heavy atom. The van der Waals surface area contributed by atoms with Gasteiger partial charge in [-0.1, -0.05) is 13.0 Å². The number of amidine groups is 1. The van der Waals surface area contributed by atoms with Crippen molar-refractivity contribution in [2.45, 2.75) is 31.2 Å². The first kappa shape index (κ1) is 20.6. The van der Waals surface area contributed by atoms with Crippen molar-refractivity contribution in [3.05, 3.63) is 46.8 Å². The minimum Gasteiger partial charge on any atom is -0.477 e. The molecule has 158 valence electrons. The van der Waals surface area contributed by atoms with Gasteiger partial charge in [-0.3, -0.25) is 15.2 Å². The Morgan fingerprint density at radius 3 is 2.77 bits per heavy atom. The Kier molecular flexibility index (Phi) is 5.42. The van der Waals surface area contributed by atoms with Crippen molar-refractivity contribution < 1.29 is 19.8 Å². The fourth-order valence-corrected chi connectivity index (χ4v) is 5.84. The van der Waals surface area contributed by atoms with Crippen LogP contribution in [0.25, 0.3) is 6.08 Å². The third kappa shape index (κ3) is 3.41. The molecule has 8 nitrogen and oxygen atoms in total. The number of aromatic nitrogens is 1. The molecule has 0 aliphatic carbocycles. The van der Waals surface area contributed by atoms with E-state index in [1.807, 2.05) is 30.0 Å². The number of carboxylic acids is 1. The summed E-state index contributed by atoms with van der Waals surface area (Å²) in [7, 11) is 0. The largest absolute Gasteiger partial charge is 0.477 e. The van der Waals surface area contributed by atoms with Crippen molar-refractivity contribution in [3.63, 3.8) is 0 Å². The summed E-state index contributed by atoms with van der Waals surface area (Å²) in [6.07, 6.45) is 6.20. The third-order valence-electron chi connectivity index (χ3n) is 5.91. The van der Waals surface area contributed by atoms with Crippen LogP contribution in [-0.4, -0.2) is 73.2 Å². The second-order valence-electron chi connectivity index (χ2n) is 7.92. The Balaban J connectivity index is 1.39. The number of amides is 1. The number of hydrogen-bond acceptors (Lipinski definition) is 6. The van der Waals surface area contributed by atoms with Gasteiger partial charge in [0.25, 0.3) is 0 Å². The van der Waals surface area contributed by atoms with Crippen LogP contribution in [0.4, 0.5) is 0 Å². The predicted molar refractivity (Wildman–Crippen MR) is 114 cm³/mol. The lowest BCUT2D eigenvalue weighted by Crippen LogP contribution is -2.63. The Morgan fingerprint density at radius 1 is 1.43 bits per heavy atom. The molecule has 1 amide bonds. The smallest absolute Gasteiger partial charge is 0.353 e. The molecule has 0 saturated carbocycles. The summed E-state index contributed by atoms with van der Waals surface area (Å²) in [6.45, 7) is 4.78. The standard InChI is InChI=1S/C21H24N4O4S/c1-11-17-16(12(2)26)20(27)25(17)18(21(28)29)19(11)30-14-9-24(10-14)15(22)6-5-13-4-3-7-23-8-13/h3-8,11-12,14,16-17,22,26H,9-10H2,1-2H3,(H,28,29)/b6-5+,22-15?/t11-,12-,16-,17-/m1/s1. The highest BCUT2D eigenvalue weighted by atomic mass is 32.2. The number of pyridine rings is 1. The highest BCUT2D eigenvalue weighted by molar-refractivity contribution is 8.03. The van der Waals surface area contributed by atoms with E-state index >= 15 is 0 Å². The molecule has 1 aromatic rings. The normalized spacial score (nSPS) is 27.2. The molecule has 0 unspecified atom stereocenters. The fourth-order valence-electron chi connectivity index (χ4n) is 4.32. The van der Waals surface area contributed by atoms with Gasteiger partial charge in [-0.05, 0) is 30.7 Å². The van der Waals surface area contributed by atoms with Gasteiger partial charge in [0.05, 0.1) is 18.1 Å². The van der Waals surface area contributed by atoms with Crippen molar-refractivity contribution in [1.82, 2.24) is 14.8 Å². The topological polar surface area (TPSA) is 118 Å². The van der Waals surface area contributed by atoms with Gasteiger partial charge >= 0.3 is 5.97 Å². The van der Waals surface area contributed by atoms with Crippen LogP contribution in [0.5, 0.6) is 0 Å². The lowest BCUT2D eigenvalue weighted by molar-refractivity contribution is -0.163. The van der Waals surface area contributed by atoms with Crippen LogP contribution in [0.1, 0.15) is 19.4 Å². The van der Waals surface area contributed by atoms with Crippen molar-refractivity contribution in [3.8, 4) is 0 Å². The summed E-state index contributed by atoms with van der Waals surface area (Å²) in [5.74, 6) is -1.69. The Hall–Kier alpha value is -2.65. The molecule has 2 saturated heterocycles. The van der Waals surface area contributed by atoms with E-state index < -0.39 is 18.0 Å². The summed E-state index contributed by atoms with van der Waals surface area (Å²) >= 11 is 1.49. The lowest BCUT2D eigenvalue weighted by atomic mass is 9.79. The number of rotatable bonds is 6. The molecule has 9 heteroatoms. The van der Waals surface area contributed by atoms with Gasteiger partial charge in [-0.15, -0.1) is 11.8 Å². The number of aliphatic carboxylic acids is 1. The van der Waals surface area contributed by atoms with E-state index in [1.165, 1.54) is 16.7 Å². The van der Waals surface area contributed by atoms with Crippen LogP contribution in [-0.2, 0) is 9.59 Å². The maximum Gasteiger partial charge on any atom is 0.353 e. The van der Waals surface area contributed by atoms with Gasteiger partial charge in [0.1, 0.15) is 11.5 Å². The Labute approximate surface area is 178 Å². The first-order chi connectivity index (χ1) is 14.3. The number of fused-ring (bicyclic) bond motifs is 1.